The zero-order chi connectivity index (χ0) is 22.7. The van der Waals surface area contributed by atoms with E-state index in [1.54, 1.807) is 24.4 Å². The van der Waals surface area contributed by atoms with Crippen molar-refractivity contribution in [3.05, 3.63) is 84.2 Å². The first kappa shape index (κ1) is 22.0. The Morgan fingerprint density at radius 1 is 1.19 bits per heavy atom. The van der Waals surface area contributed by atoms with Crippen molar-refractivity contribution in [3.8, 4) is 0 Å². The number of pyridine rings is 1. The fourth-order valence-electron chi connectivity index (χ4n) is 4.09. The smallest absolute Gasteiger partial charge is 0.226 e. The molecule has 3 aromatic rings. The predicted molar refractivity (Wildman–Crippen MR) is 127 cm³/mol. The van der Waals surface area contributed by atoms with Crippen LogP contribution in [0, 0.1) is 5.82 Å². The van der Waals surface area contributed by atoms with Gasteiger partial charge in [-0.3, -0.25) is 9.78 Å². The first-order valence-corrected chi connectivity index (χ1v) is 11.1. The summed E-state index contributed by atoms with van der Waals surface area (Å²) in [4.78, 5) is 19.1. The maximum atomic E-state index is 13.9. The molecule has 0 radical (unpaired) electrons. The predicted octanol–water partition coefficient (Wildman–Crippen LogP) is 4.60. The van der Waals surface area contributed by atoms with Gasteiger partial charge in [0, 0.05) is 37.1 Å². The van der Waals surface area contributed by atoms with Crippen molar-refractivity contribution in [2.45, 2.75) is 38.4 Å². The van der Waals surface area contributed by atoms with Gasteiger partial charge in [-0.1, -0.05) is 18.2 Å². The summed E-state index contributed by atoms with van der Waals surface area (Å²) in [5, 5.41) is 6.62. The van der Waals surface area contributed by atoms with Gasteiger partial charge in [0.15, 0.2) is 5.11 Å². The molecule has 1 aliphatic rings. The van der Waals surface area contributed by atoms with Crippen LogP contribution in [-0.2, 0) is 4.79 Å². The molecule has 2 atom stereocenters. The number of anilines is 1. The molecule has 2 N–H and O–H groups in total. The Kier molecular flexibility index (Phi) is 6.50. The molecule has 4 rings (SSSR count). The van der Waals surface area contributed by atoms with E-state index in [-0.39, 0.29) is 36.1 Å². The van der Waals surface area contributed by atoms with Crippen LogP contribution in [0.15, 0.2) is 67.0 Å². The van der Waals surface area contributed by atoms with Crippen LogP contribution in [0.2, 0.25) is 0 Å². The Bertz CT molecular complexity index is 1100. The second-order valence-corrected chi connectivity index (χ2v) is 8.42. The van der Waals surface area contributed by atoms with E-state index >= 15 is 0 Å². The third-order valence-electron chi connectivity index (χ3n) is 5.60. The minimum atomic E-state index is -0.456. The summed E-state index contributed by atoms with van der Waals surface area (Å²) in [6.07, 6.45) is 3.99. The SMILES string of the molecule is CC(C)n1cccc1[C@@H]1[C@@H](c2ccccn2)NC(=S)N1CCC(=O)Nc1ccccc1F. The average Bonchev–Trinajstić information content (AvgIpc) is 3.39. The maximum Gasteiger partial charge on any atom is 0.226 e. The van der Waals surface area contributed by atoms with E-state index in [1.165, 1.54) is 6.07 Å². The molecule has 8 heteroatoms. The normalized spacial score (nSPS) is 18.1. The number of benzene rings is 1. The highest BCUT2D eigenvalue weighted by molar-refractivity contribution is 7.80. The van der Waals surface area contributed by atoms with E-state index in [9.17, 15) is 9.18 Å². The number of nitrogens with one attached hydrogen (secondary N) is 2. The Morgan fingerprint density at radius 2 is 1.97 bits per heavy atom. The van der Waals surface area contributed by atoms with Crippen LogP contribution in [-0.4, -0.2) is 32.0 Å². The summed E-state index contributed by atoms with van der Waals surface area (Å²) in [5.41, 5.74) is 2.16. The summed E-state index contributed by atoms with van der Waals surface area (Å²) >= 11 is 5.67. The molecular weight excluding hydrogens is 425 g/mol. The number of carbonyl (C=O) groups is 1. The molecule has 0 unspecified atom stereocenters. The first-order valence-electron chi connectivity index (χ1n) is 10.6. The number of amides is 1. The minimum Gasteiger partial charge on any atom is -0.352 e. The maximum absolute atomic E-state index is 13.9. The molecule has 166 valence electrons. The summed E-state index contributed by atoms with van der Waals surface area (Å²) in [7, 11) is 0. The van der Waals surface area contributed by atoms with Gasteiger partial charge in [0.25, 0.3) is 0 Å². The van der Waals surface area contributed by atoms with Gasteiger partial charge in [-0.05, 0) is 62.5 Å². The topological polar surface area (TPSA) is 62.2 Å². The van der Waals surface area contributed by atoms with Crippen molar-refractivity contribution in [1.82, 2.24) is 19.8 Å². The largest absolute Gasteiger partial charge is 0.352 e. The summed E-state index contributed by atoms with van der Waals surface area (Å²) in [6.45, 7) is 4.65. The third kappa shape index (κ3) is 4.50. The van der Waals surface area contributed by atoms with Crippen molar-refractivity contribution in [2.75, 3.05) is 11.9 Å². The van der Waals surface area contributed by atoms with Crippen LogP contribution in [0.25, 0.3) is 0 Å². The molecule has 1 aliphatic heterocycles. The molecule has 32 heavy (non-hydrogen) atoms. The van der Waals surface area contributed by atoms with E-state index < -0.39 is 5.82 Å². The molecule has 1 amide bonds. The van der Waals surface area contributed by atoms with Gasteiger partial charge in [0.2, 0.25) is 5.91 Å². The van der Waals surface area contributed by atoms with Crippen molar-refractivity contribution in [3.63, 3.8) is 0 Å². The van der Waals surface area contributed by atoms with E-state index in [4.69, 9.17) is 12.2 Å². The van der Waals surface area contributed by atoms with Crippen LogP contribution in [0.1, 0.15) is 49.8 Å². The second-order valence-electron chi connectivity index (χ2n) is 8.03. The first-order chi connectivity index (χ1) is 15.5. The lowest BCUT2D eigenvalue weighted by Crippen LogP contribution is -2.33. The third-order valence-corrected chi connectivity index (χ3v) is 5.95. The molecule has 1 fully saturated rings. The van der Waals surface area contributed by atoms with Crippen LogP contribution >= 0.6 is 12.2 Å². The van der Waals surface area contributed by atoms with Crippen molar-refractivity contribution < 1.29 is 9.18 Å². The molecule has 6 nitrogen and oxygen atoms in total. The molecule has 0 bridgehead atoms. The average molecular weight is 452 g/mol. The lowest BCUT2D eigenvalue weighted by atomic mass is 10.0. The molecule has 0 saturated carbocycles. The van der Waals surface area contributed by atoms with Gasteiger partial charge in [-0.15, -0.1) is 0 Å². The van der Waals surface area contributed by atoms with Gasteiger partial charge in [-0.25, -0.2) is 4.39 Å². The van der Waals surface area contributed by atoms with E-state index in [2.05, 4.69) is 46.3 Å². The lowest BCUT2D eigenvalue weighted by molar-refractivity contribution is -0.116. The number of hydrogen-bond acceptors (Lipinski definition) is 3. The lowest BCUT2D eigenvalue weighted by Gasteiger charge is -2.29. The number of para-hydroxylation sites is 1. The quantitative estimate of drug-likeness (QED) is 0.514. The van der Waals surface area contributed by atoms with Crippen LogP contribution < -0.4 is 10.6 Å². The number of aromatic nitrogens is 2. The molecule has 2 aromatic heterocycles. The summed E-state index contributed by atoms with van der Waals surface area (Å²) in [6, 6.07) is 16.1. The van der Waals surface area contributed by atoms with Crippen LogP contribution in [0.3, 0.4) is 0 Å². The minimum absolute atomic E-state index is 0.129. The van der Waals surface area contributed by atoms with Crippen LogP contribution in [0.5, 0.6) is 0 Å². The highest BCUT2D eigenvalue weighted by atomic mass is 32.1. The number of thiocarbonyl (C=S) groups is 1. The number of nitrogens with zero attached hydrogens (tertiary/aromatic N) is 3. The molecule has 1 aromatic carbocycles. The number of hydrogen-bond donors (Lipinski definition) is 2. The summed E-state index contributed by atoms with van der Waals surface area (Å²) < 4.78 is 16.1. The van der Waals surface area contributed by atoms with Crippen LogP contribution in [0.4, 0.5) is 10.1 Å². The van der Waals surface area contributed by atoms with Crippen molar-refractivity contribution in [2.24, 2.45) is 0 Å². The van der Waals surface area contributed by atoms with Gasteiger partial charge >= 0.3 is 0 Å². The Balaban J connectivity index is 1.58. The molecule has 1 saturated heterocycles. The zero-order valence-corrected chi connectivity index (χ0v) is 18.8. The highest BCUT2D eigenvalue weighted by Gasteiger charge is 2.41. The molecular formula is C24H26FN5OS. The van der Waals surface area contributed by atoms with E-state index in [1.807, 2.05) is 29.2 Å². The number of carbonyl (C=O) groups excluding carboxylic acids is 1. The second kappa shape index (κ2) is 9.48. The molecule has 3 heterocycles. The van der Waals surface area contributed by atoms with E-state index in [0.717, 1.165) is 11.4 Å². The molecule has 0 aliphatic carbocycles. The van der Waals surface area contributed by atoms with E-state index in [0.29, 0.717) is 11.7 Å². The Labute approximate surface area is 192 Å². The number of halogens is 1. The number of rotatable bonds is 7. The monoisotopic (exact) mass is 451 g/mol. The Morgan fingerprint density at radius 3 is 2.69 bits per heavy atom. The summed E-state index contributed by atoms with van der Waals surface area (Å²) in [5.74, 6) is -0.723. The zero-order valence-electron chi connectivity index (χ0n) is 18.0. The van der Waals surface area contributed by atoms with Gasteiger partial charge in [0.05, 0.1) is 23.5 Å². The van der Waals surface area contributed by atoms with Gasteiger partial charge in [-0.2, -0.15) is 0 Å². The molecule has 0 spiro atoms. The van der Waals surface area contributed by atoms with Crippen molar-refractivity contribution in [1.29, 1.82) is 0 Å². The standard InChI is InChI=1S/C24H26FN5OS/c1-16(2)29-14-7-11-20(29)23-22(19-10-5-6-13-26-19)28-24(32)30(23)15-12-21(31)27-18-9-4-3-8-17(18)25/h3-11,13-14,16,22-23H,12,15H2,1-2H3,(H,27,31)(H,28,32)/t22-,23-/m1/s1. The van der Waals surface area contributed by atoms with Crippen molar-refractivity contribution >= 4 is 28.9 Å². The Hall–Kier alpha value is -3.26. The van der Waals surface area contributed by atoms with Gasteiger partial charge in [0.1, 0.15) is 5.82 Å². The fraction of sp³-hybridized carbons (Fsp3) is 0.292. The highest BCUT2D eigenvalue weighted by Crippen LogP contribution is 2.39. The van der Waals surface area contributed by atoms with Gasteiger partial charge < -0.3 is 20.1 Å². The fourth-order valence-corrected chi connectivity index (χ4v) is 4.42.